The van der Waals surface area contributed by atoms with E-state index in [2.05, 4.69) is 6.92 Å². The number of hydrogen-bond acceptors (Lipinski definition) is 3. The summed E-state index contributed by atoms with van der Waals surface area (Å²) in [5.41, 5.74) is 1.66. The van der Waals surface area contributed by atoms with E-state index in [-0.39, 0.29) is 5.97 Å². The Labute approximate surface area is 103 Å². The Morgan fingerprint density at radius 3 is 2.59 bits per heavy atom. The van der Waals surface area contributed by atoms with Gasteiger partial charge in [0.15, 0.2) is 0 Å². The maximum absolute atomic E-state index is 11.7. The molecule has 1 aromatic rings. The Balaban J connectivity index is 2.98. The second-order valence-electron chi connectivity index (χ2n) is 3.92. The molecule has 0 radical (unpaired) electrons. The average molecular weight is 236 g/mol. The van der Waals surface area contributed by atoms with E-state index in [1.54, 1.807) is 0 Å². The lowest BCUT2D eigenvalue weighted by Gasteiger charge is -2.11. The van der Waals surface area contributed by atoms with Crippen LogP contribution in [0.1, 0.15) is 42.6 Å². The number of aryl methyl sites for hydroxylation is 1. The predicted molar refractivity (Wildman–Crippen MR) is 67.6 cm³/mol. The molecule has 0 N–H and O–H groups in total. The van der Waals surface area contributed by atoms with Crippen molar-refractivity contribution < 1.29 is 14.3 Å². The maximum Gasteiger partial charge on any atom is 0.341 e. The number of hydrogen-bond donors (Lipinski definition) is 0. The van der Waals surface area contributed by atoms with E-state index < -0.39 is 0 Å². The molecule has 3 nitrogen and oxygen atoms in total. The first-order valence-electron chi connectivity index (χ1n) is 6.07. The Bertz CT molecular complexity index is 372. The number of carbonyl (C=O) groups excluding carboxylic acids is 1. The van der Waals surface area contributed by atoms with Gasteiger partial charge in [-0.1, -0.05) is 26.3 Å². The minimum Gasteiger partial charge on any atom is -0.493 e. The summed E-state index contributed by atoms with van der Waals surface area (Å²) >= 11 is 0. The molecule has 0 amide bonds. The summed E-state index contributed by atoms with van der Waals surface area (Å²) in [6, 6.07) is 5.72. The highest BCUT2D eigenvalue weighted by molar-refractivity contribution is 5.92. The van der Waals surface area contributed by atoms with E-state index in [1.807, 2.05) is 25.1 Å². The highest BCUT2D eigenvalue weighted by Gasteiger charge is 2.13. The molecule has 0 saturated heterocycles. The Morgan fingerprint density at radius 1 is 1.24 bits per heavy atom. The molecule has 0 bridgehead atoms. The predicted octanol–water partition coefficient (Wildman–Crippen LogP) is 3.21. The van der Waals surface area contributed by atoms with Crippen LogP contribution >= 0.6 is 0 Å². The molecule has 0 atom stereocenters. The molecular weight excluding hydrogens is 216 g/mol. The van der Waals surface area contributed by atoms with Crippen LogP contribution in [0.4, 0.5) is 0 Å². The van der Waals surface area contributed by atoms with Crippen LogP contribution < -0.4 is 4.74 Å². The summed E-state index contributed by atoms with van der Waals surface area (Å²) in [4.78, 5) is 11.7. The van der Waals surface area contributed by atoms with Gasteiger partial charge in [-0.15, -0.1) is 0 Å². The monoisotopic (exact) mass is 236 g/mol. The molecule has 3 heteroatoms. The van der Waals surface area contributed by atoms with Crippen LogP contribution in [0.25, 0.3) is 0 Å². The lowest BCUT2D eigenvalue weighted by molar-refractivity contribution is 0.0596. The van der Waals surface area contributed by atoms with Crippen molar-refractivity contribution in [3.63, 3.8) is 0 Å². The standard InChI is InChI=1S/C14H20O3/c1-4-6-11-7-8-13(17-9-5-2)12(10-11)14(15)16-3/h7-8,10H,4-6,9H2,1-3H3. The van der Waals surface area contributed by atoms with Gasteiger partial charge in [-0.2, -0.15) is 0 Å². The Kier molecular flexibility index (Phi) is 5.53. The fourth-order valence-electron chi connectivity index (χ4n) is 1.63. The quantitative estimate of drug-likeness (QED) is 0.711. The van der Waals surface area contributed by atoms with E-state index in [0.29, 0.717) is 17.9 Å². The van der Waals surface area contributed by atoms with Crippen LogP contribution in [-0.4, -0.2) is 19.7 Å². The topological polar surface area (TPSA) is 35.5 Å². The van der Waals surface area contributed by atoms with Crippen molar-refractivity contribution in [2.24, 2.45) is 0 Å². The highest BCUT2D eigenvalue weighted by atomic mass is 16.5. The van der Waals surface area contributed by atoms with Crippen molar-refractivity contribution in [2.45, 2.75) is 33.1 Å². The summed E-state index contributed by atoms with van der Waals surface area (Å²) < 4.78 is 10.3. The molecular formula is C14H20O3. The van der Waals surface area contributed by atoms with E-state index in [0.717, 1.165) is 24.8 Å². The van der Waals surface area contributed by atoms with Gasteiger partial charge in [0.05, 0.1) is 13.7 Å². The van der Waals surface area contributed by atoms with Gasteiger partial charge in [0.25, 0.3) is 0 Å². The molecule has 94 valence electrons. The molecule has 0 saturated carbocycles. The van der Waals surface area contributed by atoms with Gasteiger partial charge < -0.3 is 9.47 Å². The van der Waals surface area contributed by atoms with E-state index in [1.165, 1.54) is 7.11 Å². The molecule has 0 heterocycles. The third kappa shape index (κ3) is 3.77. The van der Waals surface area contributed by atoms with E-state index in [9.17, 15) is 4.79 Å². The van der Waals surface area contributed by atoms with Gasteiger partial charge in [-0.25, -0.2) is 4.79 Å². The molecule has 0 aromatic heterocycles. The first kappa shape index (κ1) is 13.6. The Hall–Kier alpha value is -1.51. The number of ether oxygens (including phenoxy) is 2. The second-order valence-corrected chi connectivity index (χ2v) is 3.92. The van der Waals surface area contributed by atoms with Gasteiger partial charge >= 0.3 is 5.97 Å². The van der Waals surface area contributed by atoms with Gasteiger partial charge in [-0.3, -0.25) is 0 Å². The fraction of sp³-hybridized carbons (Fsp3) is 0.500. The summed E-state index contributed by atoms with van der Waals surface area (Å²) in [5, 5.41) is 0. The van der Waals surface area contributed by atoms with Crippen LogP contribution in [0.2, 0.25) is 0 Å². The molecule has 0 aliphatic carbocycles. The van der Waals surface area contributed by atoms with Gasteiger partial charge in [0.2, 0.25) is 0 Å². The first-order valence-corrected chi connectivity index (χ1v) is 6.07. The number of methoxy groups -OCH3 is 1. The molecule has 0 spiro atoms. The van der Waals surface area contributed by atoms with Gasteiger partial charge in [0.1, 0.15) is 11.3 Å². The maximum atomic E-state index is 11.7. The molecule has 0 aliphatic rings. The minimum absolute atomic E-state index is 0.339. The zero-order valence-corrected chi connectivity index (χ0v) is 10.8. The van der Waals surface area contributed by atoms with Crippen LogP contribution in [0, 0.1) is 0 Å². The highest BCUT2D eigenvalue weighted by Crippen LogP contribution is 2.22. The Morgan fingerprint density at radius 2 is 2.00 bits per heavy atom. The number of esters is 1. The van der Waals surface area contributed by atoms with Crippen LogP contribution in [0.3, 0.4) is 0 Å². The second kappa shape index (κ2) is 6.94. The van der Waals surface area contributed by atoms with Crippen molar-refractivity contribution in [1.29, 1.82) is 0 Å². The molecule has 0 unspecified atom stereocenters. The van der Waals surface area contributed by atoms with Crippen molar-refractivity contribution in [1.82, 2.24) is 0 Å². The SMILES string of the molecule is CCCOc1ccc(CCC)cc1C(=O)OC. The van der Waals surface area contributed by atoms with Crippen molar-refractivity contribution in [2.75, 3.05) is 13.7 Å². The summed E-state index contributed by atoms with van der Waals surface area (Å²) in [5.74, 6) is 0.271. The molecule has 17 heavy (non-hydrogen) atoms. The first-order chi connectivity index (χ1) is 8.22. The lowest BCUT2D eigenvalue weighted by Crippen LogP contribution is -2.07. The molecule has 1 aromatic carbocycles. The van der Waals surface area contributed by atoms with Gasteiger partial charge in [0, 0.05) is 0 Å². The summed E-state index contributed by atoms with van der Waals surface area (Å²) in [6.45, 7) is 4.75. The third-order valence-corrected chi connectivity index (χ3v) is 2.45. The van der Waals surface area contributed by atoms with Crippen LogP contribution in [-0.2, 0) is 11.2 Å². The van der Waals surface area contributed by atoms with Crippen molar-refractivity contribution in [3.8, 4) is 5.75 Å². The van der Waals surface area contributed by atoms with Crippen molar-refractivity contribution in [3.05, 3.63) is 29.3 Å². The van der Waals surface area contributed by atoms with E-state index >= 15 is 0 Å². The van der Waals surface area contributed by atoms with Crippen LogP contribution in [0.5, 0.6) is 5.75 Å². The average Bonchev–Trinajstić information content (AvgIpc) is 2.36. The normalized spacial score (nSPS) is 10.1. The lowest BCUT2D eigenvalue weighted by atomic mass is 10.1. The fourth-order valence-corrected chi connectivity index (χ4v) is 1.63. The van der Waals surface area contributed by atoms with Crippen molar-refractivity contribution >= 4 is 5.97 Å². The number of carbonyl (C=O) groups is 1. The summed E-state index contributed by atoms with van der Waals surface area (Å²) in [6.07, 6.45) is 2.92. The van der Waals surface area contributed by atoms with Crippen LogP contribution in [0.15, 0.2) is 18.2 Å². The third-order valence-electron chi connectivity index (χ3n) is 2.45. The van der Waals surface area contributed by atoms with E-state index in [4.69, 9.17) is 9.47 Å². The number of benzene rings is 1. The smallest absolute Gasteiger partial charge is 0.341 e. The zero-order chi connectivity index (χ0) is 12.7. The molecule has 0 aliphatic heterocycles. The zero-order valence-electron chi connectivity index (χ0n) is 10.8. The molecule has 0 fully saturated rings. The summed E-state index contributed by atoms with van der Waals surface area (Å²) in [7, 11) is 1.39. The largest absolute Gasteiger partial charge is 0.493 e. The van der Waals surface area contributed by atoms with Gasteiger partial charge in [-0.05, 0) is 30.5 Å². The molecule has 1 rings (SSSR count). The number of rotatable bonds is 6. The minimum atomic E-state index is -0.339.